The van der Waals surface area contributed by atoms with Crippen LogP contribution in [0.15, 0.2) is 6.20 Å². The summed E-state index contributed by atoms with van der Waals surface area (Å²) in [5, 5.41) is 7.26. The topological polar surface area (TPSA) is 54.7 Å². The predicted molar refractivity (Wildman–Crippen MR) is 57.1 cm³/mol. The van der Waals surface area contributed by atoms with Crippen LogP contribution in [0.4, 0.5) is 0 Å². The Labute approximate surface area is 85.1 Å². The third-order valence-electron chi connectivity index (χ3n) is 3.14. The number of nitrogens with zero attached hydrogens (tertiary/aromatic N) is 1. The van der Waals surface area contributed by atoms with E-state index in [-0.39, 0.29) is 0 Å². The van der Waals surface area contributed by atoms with E-state index < -0.39 is 0 Å². The van der Waals surface area contributed by atoms with Gasteiger partial charge in [-0.2, -0.15) is 5.10 Å². The molecule has 1 aromatic rings. The number of aromatic amines is 1. The van der Waals surface area contributed by atoms with Crippen molar-refractivity contribution in [2.75, 3.05) is 6.54 Å². The van der Waals surface area contributed by atoms with Crippen LogP contribution in [0.1, 0.15) is 43.9 Å². The molecule has 0 fully saturated rings. The van der Waals surface area contributed by atoms with Crippen LogP contribution in [0.5, 0.6) is 0 Å². The molecule has 0 radical (unpaired) electrons. The zero-order valence-corrected chi connectivity index (χ0v) is 9.01. The van der Waals surface area contributed by atoms with Crippen LogP contribution in [-0.2, 0) is 6.42 Å². The Morgan fingerprint density at radius 1 is 1.64 bits per heavy atom. The van der Waals surface area contributed by atoms with Crippen LogP contribution in [0.25, 0.3) is 0 Å². The zero-order chi connectivity index (χ0) is 10.2. The Morgan fingerprint density at radius 3 is 3.14 bits per heavy atom. The van der Waals surface area contributed by atoms with Gasteiger partial charge in [-0.05, 0) is 36.8 Å². The number of nitrogens with two attached hydrogens (primary N) is 1. The monoisotopic (exact) mass is 193 g/mol. The molecule has 1 aliphatic carbocycles. The van der Waals surface area contributed by atoms with Crippen molar-refractivity contribution in [1.29, 1.82) is 0 Å². The summed E-state index contributed by atoms with van der Waals surface area (Å²) in [6, 6.07) is 0. The number of aromatic nitrogens is 2. The molecule has 1 unspecified atom stereocenters. The Kier molecular flexibility index (Phi) is 2.35. The van der Waals surface area contributed by atoms with E-state index in [2.05, 4.69) is 24.0 Å². The van der Waals surface area contributed by atoms with Crippen LogP contribution >= 0.6 is 0 Å². The Bertz CT molecular complexity index is 314. The molecule has 0 aliphatic heterocycles. The van der Waals surface area contributed by atoms with Gasteiger partial charge in [0.2, 0.25) is 0 Å². The van der Waals surface area contributed by atoms with Crippen molar-refractivity contribution in [3.8, 4) is 0 Å². The lowest BCUT2D eigenvalue weighted by molar-refractivity contribution is 0.272. The van der Waals surface area contributed by atoms with E-state index in [1.54, 1.807) is 0 Å². The van der Waals surface area contributed by atoms with E-state index in [0.717, 1.165) is 19.4 Å². The highest BCUT2D eigenvalue weighted by molar-refractivity contribution is 5.25. The molecule has 0 aromatic carbocycles. The number of nitrogens with one attached hydrogen (secondary N) is 1. The number of hydrogen-bond donors (Lipinski definition) is 2. The Hall–Kier alpha value is -0.830. The predicted octanol–water partition coefficient (Wildman–Crippen LogP) is 1.81. The zero-order valence-electron chi connectivity index (χ0n) is 9.01. The van der Waals surface area contributed by atoms with Gasteiger partial charge in [0.15, 0.2) is 0 Å². The summed E-state index contributed by atoms with van der Waals surface area (Å²) in [5.74, 6) is 0.584. The van der Waals surface area contributed by atoms with E-state index in [0.29, 0.717) is 11.3 Å². The Morgan fingerprint density at radius 2 is 2.43 bits per heavy atom. The van der Waals surface area contributed by atoms with Gasteiger partial charge in [-0.15, -0.1) is 0 Å². The summed E-state index contributed by atoms with van der Waals surface area (Å²) in [6.07, 6.45) is 5.40. The van der Waals surface area contributed by atoms with Gasteiger partial charge in [-0.3, -0.25) is 5.10 Å². The molecular formula is C11H19N3. The molecule has 0 saturated heterocycles. The van der Waals surface area contributed by atoms with Crippen LogP contribution in [0.2, 0.25) is 0 Å². The summed E-state index contributed by atoms with van der Waals surface area (Å²) >= 11 is 0. The molecule has 2 rings (SSSR count). The lowest BCUT2D eigenvalue weighted by atomic mass is 9.71. The number of H-pyrrole nitrogens is 1. The molecule has 3 heteroatoms. The molecule has 1 aromatic heterocycles. The first-order valence-electron chi connectivity index (χ1n) is 5.34. The number of hydrogen-bond acceptors (Lipinski definition) is 2. The van der Waals surface area contributed by atoms with Gasteiger partial charge in [-0.25, -0.2) is 0 Å². The van der Waals surface area contributed by atoms with Crippen molar-refractivity contribution in [1.82, 2.24) is 10.2 Å². The molecule has 3 nitrogen and oxygen atoms in total. The first kappa shape index (κ1) is 9.71. The fourth-order valence-corrected chi connectivity index (χ4v) is 2.62. The fraction of sp³-hybridized carbons (Fsp3) is 0.727. The van der Waals surface area contributed by atoms with Crippen LogP contribution in [-0.4, -0.2) is 16.7 Å². The molecule has 1 atom stereocenters. The largest absolute Gasteiger partial charge is 0.330 e. The highest BCUT2D eigenvalue weighted by Gasteiger charge is 2.32. The summed E-state index contributed by atoms with van der Waals surface area (Å²) < 4.78 is 0. The number of rotatable bonds is 2. The van der Waals surface area contributed by atoms with E-state index in [1.807, 2.05) is 6.20 Å². The van der Waals surface area contributed by atoms with Gasteiger partial charge in [-0.1, -0.05) is 13.8 Å². The van der Waals surface area contributed by atoms with Crippen molar-refractivity contribution < 1.29 is 0 Å². The molecule has 3 N–H and O–H groups in total. The maximum Gasteiger partial charge on any atom is 0.0522 e. The van der Waals surface area contributed by atoms with Gasteiger partial charge in [0.1, 0.15) is 0 Å². The van der Waals surface area contributed by atoms with E-state index in [1.165, 1.54) is 17.7 Å². The van der Waals surface area contributed by atoms with E-state index >= 15 is 0 Å². The third kappa shape index (κ3) is 1.69. The van der Waals surface area contributed by atoms with Gasteiger partial charge in [0.25, 0.3) is 0 Å². The quantitative estimate of drug-likeness (QED) is 0.752. The molecule has 0 amide bonds. The molecule has 78 valence electrons. The molecule has 0 spiro atoms. The second-order valence-electron chi connectivity index (χ2n) is 5.13. The highest BCUT2D eigenvalue weighted by Crippen LogP contribution is 2.42. The molecule has 0 saturated carbocycles. The first-order valence-corrected chi connectivity index (χ1v) is 5.34. The van der Waals surface area contributed by atoms with Crippen molar-refractivity contribution in [2.45, 2.75) is 39.0 Å². The lowest BCUT2D eigenvalue weighted by Gasteiger charge is -2.34. The van der Waals surface area contributed by atoms with Gasteiger partial charge < -0.3 is 5.73 Å². The average molecular weight is 193 g/mol. The first-order chi connectivity index (χ1) is 6.62. The molecule has 14 heavy (non-hydrogen) atoms. The molecule has 0 bridgehead atoms. The van der Waals surface area contributed by atoms with Crippen LogP contribution in [0, 0.1) is 5.41 Å². The van der Waals surface area contributed by atoms with Crippen molar-refractivity contribution in [3.05, 3.63) is 17.5 Å². The summed E-state index contributed by atoms with van der Waals surface area (Å²) in [6.45, 7) is 5.41. The fourth-order valence-electron chi connectivity index (χ4n) is 2.62. The minimum atomic E-state index is 0.400. The van der Waals surface area contributed by atoms with Crippen molar-refractivity contribution in [3.63, 3.8) is 0 Å². The SMILES string of the molecule is CC1(C)Cc2cn[nH]c2C(CCN)C1. The van der Waals surface area contributed by atoms with Crippen LogP contribution < -0.4 is 5.73 Å². The second-order valence-corrected chi connectivity index (χ2v) is 5.13. The van der Waals surface area contributed by atoms with E-state index in [4.69, 9.17) is 5.73 Å². The summed E-state index contributed by atoms with van der Waals surface area (Å²) in [5.41, 5.74) is 8.76. The molecule has 1 aliphatic rings. The standard InChI is InChI=1S/C11H19N3/c1-11(2)5-8(3-4-12)10-9(6-11)7-13-14-10/h7-8H,3-6,12H2,1-2H3,(H,13,14). The molecular weight excluding hydrogens is 174 g/mol. The van der Waals surface area contributed by atoms with Crippen molar-refractivity contribution in [2.24, 2.45) is 11.1 Å². The van der Waals surface area contributed by atoms with Gasteiger partial charge in [0.05, 0.1) is 6.20 Å². The number of fused-ring (bicyclic) bond motifs is 1. The van der Waals surface area contributed by atoms with Crippen molar-refractivity contribution >= 4 is 0 Å². The van der Waals surface area contributed by atoms with Gasteiger partial charge in [0, 0.05) is 11.6 Å². The Balaban J connectivity index is 2.28. The highest BCUT2D eigenvalue weighted by atomic mass is 15.1. The maximum absolute atomic E-state index is 5.64. The second kappa shape index (κ2) is 3.39. The van der Waals surface area contributed by atoms with Gasteiger partial charge >= 0.3 is 0 Å². The maximum atomic E-state index is 5.64. The minimum absolute atomic E-state index is 0.400. The summed E-state index contributed by atoms with van der Waals surface area (Å²) in [7, 11) is 0. The summed E-state index contributed by atoms with van der Waals surface area (Å²) in [4.78, 5) is 0. The van der Waals surface area contributed by atoms with Crippen LogP contribution in [0.3, 0.4) is 0 Å². The lowest BCUT2D eigenvalue weighted by Crippen LogP contribution is -2.26. The normalized spacial score (nSPS) is 24.6. The average Bonchev–Trinajstić information content (AvgIpc) is 2.50. The third-order valence-corrected chi connectivity index (χ3v) is 3.14. The minimum Gasteiger partial charge on any atom is -0.330 e. The van der Waals surface area contributed by atoms with E-state index in [9.17, 15) is 0 Å². The smallest absolute Gasteiger partial charge is 0.0522 e. The molecule has 1 heterocycles.